The third kappa shape index (κ3) is 2.86. The number of rotatable bonds is 4. The molecule has 0 aromatic heterocycles. The molecule has 2 aliphatic rings. The van der Waals surface area contributed by atoms with Crippen molar-refractivity contribution in [2.24, 2.45) is 0 Å². The van der Waals surface area contributed by atoms with E-state index >= 15 is 0 Å². The van der Waals surface area contributed by atoms with Crippen LogP contribution in [0.25, 0.3) is 0 Å². The van der Waals surface area contributed by atoms with Crippen LogP contribution in [0.1, 0.15) is 11.6 Å². The van der Waals surface area contributed by atoms with E-state index in [1.165, 1.54) is 12.1 Å². The summed E-state index contributed by atoms with van der Waals surface area (Å²) in [6.45, 7) is 0.923. The van der Waals surface area contributed by atoms with Gasteiger partial charge in [0.1, 0.15) is 12.6 Å². The second-order valence-electron chi connectivity index (χ2n) is 5.33. The number of alkyl halides is 2. The Labute approximate surface area is 131 Å². The molecule has 0 spiro atoms. The monoisotopic (exact) mass is 334 g/mol. The molecule has 5 nitrogen and oxygen atoms in total. The van der Waals surface area contributed by atoms with Crippen LogP contribution in [0.5, 0.6) is 11.5 Å². The smallest absolute Gasteiger partial charge is 0.289 e. The van der Waals surface area contributed by atoms with Crippen LogP contribution in [-0.4, -0.2) is 55.5 Å². The second kappa shape index (κ2) is 6.16. The van der Waals surface area contributed by atoms with Crippen molar-refractivity contribution in [2.45, 2.75) is 12.0 Å². The van der Waals surface area contributed by atoms with Gasteiger partial charge in [-0.2, -0.15) is 0 Å². The van der Waals surface area contributed by atoms with E-state index in [9.17, 15) is 8.78 Å². The van der Waals surface area contributed by atoms with E-state index in [0.717, 1.165) is 0 Å². The number of nitrogens with zero attached hydrogens (tertiary/aromatic N) is 1. The minimum atomic E-state index is -3.31. The zero-order valence-corrected chi connectivity index (χ0v) is 12.6. The van der Waals surface area contributed by atoms with Gasteiger partial charge in [0.2, 0.25) is 6.79 Å². The van der Waals surface area contributed by atoms with Gasteiger partial charge in [0, 0.05) is 37.3 Å². The molecule has 1 fully saturated rings. The Balaban J connectivity index is 2.01. The van der Waals surface area contributed by atoms with Crippen LogP contribution in [0.15, 0.2) is 12.1 Å². The summed E-state index contributed by atoms with van der Waals surface area (Å²) in [6, 6.07) is 1.67. The highest BCUT2D eigenvalue weighted by atomic mass is 35.5. The SMILES string of the molecule is OCC(F)(F)[C@@H](c1cc2c(cc1Cl)OCO2)N1CCNCC1. The number of aliphatic hydroxyl groups is 1. The van der Waals surface area contributed by atoms with E-state index in [0.29, 0.717) is 37.7 Å². The fourth-order valence-electron chi connectivity index (χ4n) is 2.86. The third-order valence-electron chi connectivity index (χ3n) is 3.91. The number of piperazine rings is 1. The highest BCUT2D eigenvalue weighted by Gasteiger charge is 2.45. The van der Waals surface area contributed by atoms with Crippen molar-refractivity contribution in [3.05, 3.63) is 22.7 Å². The molecular weight excluding hydrogens is 318 g/mol. The molecule has 1 aromatic carbocycles. The van der Waals surface area contributed by atoms with Gasteiger partial charge in [-0.15, -0.1) is 0 Å². The zero-order valence-electron chi connectivity index (χ0n) is 11.8. The quantitative estimate of drug-likeness (QED) is 0.877. The highest BCUT2D eigenvalue weighted by molar-refractivity contribution is 6.31. The standard InChI is InChI=1S/C14H17ClF2N2O3/c15-10-6-12-11(21-8-22-12)5-9(10)13(14(16,17)7-20)19-3-1-18-2-4-19/h5-6,13,18,20H,1-4,7-8H2/t13-/m1/s1. The maximum Gasteiger partial charge on any atom is 0.289 e. The van der Waals surface area contributed by atoms with Gasteiger partial charge in [-0.1, -0.05) is 11.6 Å². The van der Waals surface area contributed by atoms with Crippen LogP contribution in [0.4, 0.5) is 8.78 Å². The molecule has 2 aliphatic heterocycles. The Kier molecular flexibility index (Phi) is 4.40. The van der Waals surface area contributed by atoms with Crippen molar-refractivity contribution in [3.8, 4) is 11.5 Å². The lowest BCUT2D eigenvalue weighted by molar-refractivity contribution is -0.118. The molecule has 1 aromatic rings. The summed E-state index contributed by atoms with van der Waals surface area (Å²) in [5.41, 5.74) is 0.242. The predicted molar refractivity (Wildman–Crippen MR) is 76.8 cm³/mol. The van der Waals surface area contributed by atoms with Crippen molar-refractivity contribution in [1.82, 2.24) is 10.2 Å². The van der Waals surface area contributed by atoms with Crippen molar-refractivity contribution in [2.75, 3.05) is 39.6 Å². The highest BCUT2D eigenvalue weighted by Crippen LogP contribution is 2.45. The topological polar surface area (TPSA) is 54.0 Å². The molecule has 22 heavy (non-hydrogen) atoms. The lowest BCUT2D eigenvalue weighted by atomic mass is 9.97. The lowest BCUT2D eigenvalue weighted by Gasteiger charge is -2.39. The maximum atomic E-state index is 14.4. The lowest BCUT2D eigenvalue weighted by Crippen LogP contribution is -2.51. The summed E-state index contributed by atoms with van der Waals surface area (Å²) in [5.74, 6) is -2.47. The third-order valence-corrected chi connectivity index (χ3v) is 4.24. The Hall–Kier alpha value is -1.15. The largest absolute Gasteiger partial charge is 0.454 e. The normalized spacial score (nSPS) is 20.2. The Morgan fingerprint density at radius 3 is 2.55 bits per heavy atom. The van der Waals surface area contributed by atoms with Crippen LogP contribution >= 0.6 is 11.6 Å². The van der Waals surface area contributed by atoms with Crippen molar-refractivity contribution < 1.29 is 23.4 Å². The Morgan fingerprint density at radius 1 is 1.27 bits per heavy atom. The molecule has 0 bridgehead atoms. The number of hydrogen-bond donors (Lipinski definition) is 2. The summed E-state index contributed by atoms with van der Waals surface area (Å²) in [5, 5.41) is 12.5. The number of fused-ring (bicyclic) bond motifs is 1. The minimum absolute atomic E-state index is 0.0454. The van der Waals surface area contributed by atoms with Gasteiger partial charge in [0.15, 0.2) is 11.5 Å². The van der Waals surface area contributed by atoms with Gasteiger partial charge in [-0.3, -0.25) is 4.90 Å². The van der Waals surface area contributed by atoms with Crippen LogP contribution in [0, 0.1) is 0 Å². The molecule has 2 heterocycles. The number of benzene rings is 1. The van der Waals surface area contributed by atoms with Gasteiger partial charge in [-0.05, 0) is 11.6 Å². The average Bonchev–Trinajstić information content (AvgIpc) is 2.95. The molecule has 0 unspecified atom stereocenters. The van der Waals surface area contributed by atoms with E-state index in [4.69, 9.17) is 26.2 Å². The molecule has 1 saturated heterocycles. The maximum absolute atomic E-state index is 14.4. The molecule has 0 aliphatic carbocycles. The van der Waals surface area contributed by atoms with E-state index in [1.54, 1.807) is 4.90 Å². The van der Waals surface area contributed by atoms with E-state index in [-0.39, 0.29) is 17.4 Å². The van der Waals surface area contributed by atoms with Crippen LogP contribution in [0.2, 0.25) is 5.02 Å². The van der Waals surface area contributed by atoms with Crippen molar-refractivity contribution in [3.63, 3.8) is 0 Å². The van der Waals surface area contributed by atoms with Gasteiger partial charge in [0.25, 0.3) is 5.92 Å². The minimum Gasteiger partial charge on any atom is -0.454 e. The van der Waals surface area contributed by atoms with Gasteiger partial charge in [0.05, 0.1) is 0 Å². The second-order valence-corrected chi connectivity index (χ2v) is 5.74. The predicted octanol–water partition coefficient (Wildman–Crippen LogP) is 1.64. The summed E-state index contributed by atoms with van der Waals surface area (Å²) in [6.07, 6.45) is 0. The summed E-state index contributed by atoms with van der Waals surface area (Å²) >= 11 is 6.19. The fourth-order valence-corrected chi connectivity index (χ4v) is 3.12. The number of halogens is 3. The average molecular weight is 335 g/mol. The number of ether oxygens (including phenoxy) is 2. The Morgan fingerprint density at radius 2 is 1.91 bits per heavy atom. The zero-order chi connectivity index (χ0) is 15.7. The molecule has 0 saturated carbocycles. The van der Waals surface area contributed by atoms with Crippen LogP contribution in [-0.2, 0) is 0 Å². The number of hydrogen-bond acceptors (Lipinski definition) is 5. The number of nitrogens with one attached hydrogen (secondary N) is 1. The van der Waals surface area contributed by atoms with Crippen molar-refractivity contribution in [1.29, 1.82) is 0 Å². The first-order valence-corrected chi connectivity index (χ1v) is 7.43. The molecule has 2 N–H and O–H groups in total. The summed E-state index contributed by atoms with van der Waals surface area (Å²) < 4.78 is 39.2. The molecule has 3 rings (SSSR count). The molecular formula is C14H17ClF2N2O3. The first kappa shape index (κ1) is 15.7. The van der Waals surface area contributed by atoms with Crippen LogP contribution < -0.4 is 14.8 Å². The number of aliphatic hydroxyl groups excluding tert-OH is 1. The summed E-state index contributed by atoms with van der Waals surface area (Å²) in [4.78, 5) is 1.64. The van der Waals surface area contributed by atoms with Crippen LogP contribution in [0.3, 0.4) is 0 Å². The van der Waals surface area contributed by atoms with Gasteiger partial charge in [-0.25, -0.2) is 8.78 Å². The van der Waals surface area contributed by atoms with E-state index in [2.05, 4.69) is 5.32 Å². The molecule has 0 amide bonds. The van der Waals surface area contributed by atoms with Crippen molar-refractivity contribution >= 4 is 11.6 Å². The molecule has 0 radical (unpaired) electrons. The molecule has 8 heteroatoms. The fraction of sp³-hybridized carbons (Fsp3) is 0.571. The molecule has 122 valence electrons. The molecule has 1 atom stereocenters. The van der Waals surface area contributed by atoms with Gasteiger partial charge >= 0.3 is 0 Å². The first-order valence-electron chi connectivity index (χ1n) is 7.05. The van der Waals surface area contributed by atoms with Gasteiger partial charge < -0.3 is 19.9 Å². The first-order chi connectivity index (χ1) is 10.5. The Bertz CT molecular complexity index is 553. The van der Waals surface area contributed by atoms with E-state index in [1.807, 2.05) is 0 Å². The summed E-state index contributed by atoms with van der Waals surface area (Å²) in [7, 11) is 0. The van der Waals surface area contributed by atoms with E-state index < -0.39 is 18.6 Å².